The summed E-state index contributed by atoms with van der Waals surface area (Å²) in [6.45, 7) is 10.8. The Morgan fingerprint density at radius 2 is 1.76 bits per heavy atom. The van der Waals surface area contributed by atoms with Crippen LogP contribution in [0.3, 0.4) is 0 Å². The van der Waals surface area contributed by atoms with E-state index in [1.807, 2.05) is 4.90 Å². The van der Waals surface area contributed by atoms with Crippen LogP contribution in [-0.2, 0) is 4.79 Å². The molecule has 0 aromatic heterocycles. The average Bonchev–Trinajstić information content (AvgIpc) is 2.62. The number of amides is 1. The van der Waals surface area contributed by atoms with Gasteiger partial charge in [-0.25, -0.2) is 0 Å². The van der Waals surface area contributed by atoms with Crippen LogP contribution in [0.15, 0.2) is 0 Å². The highest BCUT2D eigenvalue weighted by Gasteiger charge is 2.44. The van der Waals surface area contributed by atoms with Gasteiger partial charge in [-0.05, 0) is 48.9 Å². The maximum Gasteiger partial charge on any atom is 0.219 e. The SMILES string of the molecule is CC(=O)N1CCC2(CCC(C(C)(C)C)C2)CC1. The molecular formula is C15H27NO. The molecule has 2 heteroatoms. The normalized spacial score (nSPS) is 28.7. The van der Waals surface area contributed by atoms with Gasteiger partial charge in [-0.15, -0.1) is 0 Å². The number of piperidine rings is 1. The first-order valence-electron chi connectivity index (χ1n) is 7.08. The fourth-order valence-corrected chi connectivity index (χ4v) is 3.70. The lowest BCUT2D eigenvalue weighted by Gasteiger charge is -2.40. The van der Waals surface area contributed by atoms with E-state index >= 15 is 0 Å². The quantitative estimate of drug-likeness (QED) is 0.632. The molecule has 1 spiro atoms. The van der Waals surface area contributed by atoms with E-state index in [0.717, 1.165) is 19.0 Å². The van der Waals surface area contributed by atoms with Gasteiger partial charge in [0.1, 0.15) is 0 Å². The first-order chi connectivity index (χ1) is 7.82. The Kier molecular flexibility index (Phi) is 3.26. The van der Waals surface area contributed by atoms with Gasteiger partial charge in [0.25, 0.3) is 0 Å². The smallest absolute Gasteiger partial charge is 0.219 e. The average molecular weight is 237 g/mol. The van der Waals surface area contributed by atoms with Crippen molar-refractivity contribution in [2.24, 2.45) is 16.7 Å². The van der Waals surface area contributed by atoms with Crippen molar-refractivity contribution in [3.63, 3.8) is 0 Å². The number of hydrogen-bond donors (Lipinski definition) is 0. The largest absolute Gasteiger partial charge is 0.343 e. The van der Waals surface area contributed by atoms with E-state index in [2.05, 4.69) is 20.8 Å². The monoisotopic (exact) mass is 237 g/mol. The molecule has 1 aliphatic carbocycles. The van der Waals surface area contributed by atoms with Crippen LogP contribution in [0.2, 0.25) is 0 Å². The van der Waals surface area contributed by atoms with Gasteiger partial charge < -0.3 is 4.90 Å². The van der Waals surface area contributed by atoms with E-state index in [0.29, 0.717) is 10.8 Å². The highest BCUT2D eigenvalue weighted by atomic mass is 16.2. The van der Waals surface area contributed by atoms with E-state index in [1.54, 1.807) is 6.92 Å². The van der Waals surface area contributed by atoms with E-state index in [4.69, 9.17) is 0 Å². The minimum atomic E-state index is 0.255. The molecule has 0 N–H and O–H groups in total. The molecule has 17 heavy (non-hydrogen) atoms. The highest BCUT2D eigenvalue weighted by molar-refractivity contribution is 5.73. The summed E-state index contributed by atoms with van der Waals surface area (Å²) < 4.78 is 0. The summed E-state index contributed by atoms with van der Waals surface area (Å²) in [4.78, 5) is 13.4. The van der Waals surface area contributed by atoms with Crippen molar-refractivity contribution in [3.8, 4) is 0 Å². The summed E-state index contributed by atoms with van der Waals surface area (Å²) in [5.41, 5.74) is 1.03. The van der Waals surface area contributed by atoms with Gasteiger partial charge in [0.05, 0.1) is 0 Å². The van der Waals surface area contributed by atoms with Crippen molar-refractivity contribution < 1.29 is 4.79 Å². The van der Waals surface area contributed by atoms with Gasteiger partial charge in [-0.2, -0.15) is 0 Å². The number of hydrogen-bond acceptors (Lipinski definition) is 1. The molecule has 0 bridgehead atoms. The van der Waals surface area contributed by atoms with E-state index < -0.39 is 0 Å². The molecule has 1 unspecified atom stereocenters. The summed E-state index contributed by atoms with van der Waals surface area (Å²) >= 11 is 0. The van der Waals surface area contributed by atoms with Crippen LogP contribution in [0, 0.1) is 16.7 Å². The first kappa shape index (κ1) is 12.9. The first-order valence-corrected chi connectivity index (χ1v) is 7.08. The van der Waals surface area contributed by atoms with Crippen LogP contribution in [0.5, 0.6) is 0 Å². The molecule has 0 aromatic rings. The number of likely N-dealkylation sites (tertiary alicyclic amines) is 1. The van der Waals surface area contributed by atoms with Gasteiger partial charge >= 0.3 is 0 Å². The minimum Gasteiger partial charge on any atom is -0.343 e. The molecule has 1 aliphatic heterocycles. The zero-order valence-electron chi connectivity index (χ0n) is 11.9. The molecule has 0 radical (unpaired) electrons. The van der Waals surface area contributed by atoms with E-state index in [-0.39, 0.29) is 5.91 Å². The molecule has 2 fully saturated rings. The fraction of sp³-hybridized carbons (Fsp3) is 0.933. The molecule has 1 heterocycles. The Labute approximate surface area is 106 Å². The topological polar surface area (TPSA) is 20.3 Å². The standard InChI is InChI=1S/C15H27NO/c1-12(17)16-9-7-15(8-10-16)6-5-13(11-15)14(2,3)4/h13H,5-11H2,1-4H3. The van der Waals surface area contributed by atoms with Crippen molar-refractivity contribution in [1.82, 2.24) is 4.90 Å². The number of carbonyl (C=O) groups excluding carboxylic acids is 1. The molecule has 2 nitrogen and oxygen atoms in total. The Morgan fingerprint density at radius 3 is 2.18 bits per heavy atom. The summed E-state index contributed by atoms with van der Waals surface area (Å²) in [6, 6.07) is 0. The Balaban J connectivity index is 1.94. The number of nitrogens with zero attached hydrogens (tertiary/aromatic N) is 1. The van der Waals surface area contributed by atoms with E-state index in [1.165, 1.54) is 32.1 Å². The maximum atomic E-state index is 11.4. The lowest BCUT2D eigenvalue weighted by atomic mass is 9.73. The third kappa shape index (κ3) is 2.66. The second-order valence-corrected chi connectivity index (χ2v) is 7.31. The summed E-state index contributed by atoms with van der Waals surface area (Å²) in [7, 11) is 0. The molecule has 1 saturated carbocycles. The highest BCUT2D eigenvalue weighted by Crippen LogP contribution is 2.53. The van der Waals surface area contributed by atoms with E-state index in [9.17, 15) is 4.79 Å². The second kappa shape index (κ2) is 4.29. The van der Waals surface area contributed by atoms with Crippen molar-refractivity contribution in [3.05, 3.63) is 0 Å². The van der Waals surface area contributed by atoms with Crippen LogP contribution >= 0.6 is 0 Å². The van der Waals surface area contributed by atoms with Crippen molar-refractivity contribution in [2.45, 2.75) is 59.8 Å². The van der Waals surface area contributed by atoms with Crippen LogP contribution in [0.1, 0.15) is 59.8 Å². The molecule has 0 aromatic carbocycles. The Bertz CT molecular complexity index is 295. The summed E-state index contributed by atoms with van der Waals surface area (Å²) in [5.74, 6) is 1.14. The van der Waals surface area contributed by atoms with Crippen molar-refractivity contribution in [2.75, 3.05) is 13.1 Å². The fourth-order valence-electron chi connectivity index (χ4n) is 3.70. The summed E-state index contributed by atoms with van der Waals surface area (Å²) in [5, 5.41) is 0. The van der Waals surface area contributed by atoms with Gasteiger partial charge in [-0.1, -0.05) is 20.8 Å². The maximum absolute atomic E-state index is 11.4. The van der Waals surface area contributed by atoms with Crippen LogP contribution in [0.4, 0.5) is 0 Å². The van der Waals surface area contributed by atoms with Gasteiger partial charge in [-0.3, -0.25) is 4.79 Å². The van der Waals surface area contributed by atoms with Crippen molar-refractivity contribution in [1.29, 1.82) is 0 Å². The molecular weight excluding hydrogens is 210 g/mol. The molecule has 1 atom stereocenters. The minimum absolute atomic E-state index is 0.255. The van der Waals surface area contributed by atoms with Gasteiger partial charge in [0.15, 0.2) is 0 Å². The van der Waals surface area contributed by atoms with Crippen LogP contribution < -0.4 is 0 Å². The predicted molar refractivity (Wildman–Crippen MR) is 70.7 cm³/mol. The lowest BCUT2D eigenvalue weighted by Crippen LogP contribution is -2.41. The zero-order chi connectivity index (χ0) is 12.7. The van der Waals surface area contributed by atoms with Crippen LogP contribution in [0.25, 0.3) is 0 Å². The third-order valence-corrected chi connectivity index (χ3v) is 5.20. The molecule has 2 rings (SSSR count). The van der Waals surface area contributed by atoms with Crippen LogP contribution in [-0.4, -0.2) is 23.9 Å². The third-order valence-electron chi connectivity index (χ3n) is 5.20. The predicted octanol–water partition coefficient (Wildman–Crippen LogP) is 3.46. The molecule has 2 aliphatic rings. The van der Waals surface area contributed by atoms with Crippen molar-refractivity contribution >= 4 is 5.91 Å². The molecule has 98 valence electrons. The van der Waals surface area contributed by atoms with Gasteiger partial charge in [0.2, 0.25) is 5.91 Å². The Hall–Kier alpha value is -0.530. The Morgan fingerprint density at radius 1 is 1.18 bits per heavy atom. The zero-order valence-corrected chi connectivity index (χ0v) is 11.9. The number of rotatable bonds is 0. The number of carbonyl (C=O) groups is 1. The second-order valence-electron chi connectivity index (χ2n) is 7.31. The molecule has 1 saturated heterocycles. The summed E-state index contributed by atoms with van der Waals surface area (Å²) in [6.07, 6.45) is 6.64. The van der Waals surface area contributed by atoms with Gasteiger partial charge in [0, 0.05) is 20.0 Å². The molecule has 1 amide bonds. The lowest BCUT2D eigenvalue weighted by molar-refractivity contribution is -0.131.